The van der Waals surface area contributed by atoms with Gasteiger partial charge in [0, 0.05) is 23.7 Å². The zero-order chi connectivity index (χ0) is 21.3. The molecule has 0 atom stereocenters. The summed E-state index contributed by atoms with van der Waals surface area (Å²) in [5, 5.41) is 7.46. The van der Waals surface area contributed by atoms with E-state index in [9.17, 15) is 9.59 Å². The van der Waals surface area contributed by atoms with Crippen LogP contribution in [0.4, 0.5) is 5.82 Å². The fraction of sp³-hybridized carbons (Fsp3) is 0.333. The summed E-state index contributed by atoms with van der Waals surface area (Å²) in [6.45, 7) is 1.74. The molecule has 9 heteroatoms. The summed E-state index contributed by atoms with van der Waals surface area (Å²) in [6, 6.07) is 8.59. The lowest BCUT2D eigenvalue weighted by Gasteiger charge is -2.10. The minimum absolute atomic E-state index is 0.141. The van der Waals surface area contributed by atoms with Crippen LogP contribution in [0.25, 0.3) is 5.95 Å². The van der Waals surface area contributed by atoms with E-state index in [0.29, 0.717) is 28.9 Å². The number of hydrogen-bond acceptors (Lipinski definition) is 6. The molecule has 0 radical (unpaired) electrons. The minimum atomic E-state index is -0.274. The second-order valence-corrected chi connectivity index (χ2v) is 7.27. The summed E-state index contributed by atoms with van der Waals surface area (Å²) in [6.07, 6.45) is 2.27. The summed E-state index contributed by atoms with van der Waals surface area (Å²) in [7, 11) is 3.11. The van der Waals surface area contributed by atoms with Crippen LogP contribution >= 0.6 is 0 Å². The normalized spacial score (nSPS) is 13.2. The predicted molar refractivity (Wildman–Crippen MR) is 111 cm³/mol. The highest BCUT2D eigenvalue weighted by Crippen LogP contribution is 2.40. The van der Waals surface area contributed by atoms with Crippen LogP contribution < -0.4 is 20.3 Å². The van der Waals surface area contributed by atoms with Crippen molar-refractivity contribution >= 4 is 11.7 Å². The Balaban J connectivity index is 1.59. The molecular weight excluding hydrogens is 386 g/mol. The lowest BCUT2D eigenvalue weighted by Crippen LogP contribution is -2.20. The van der Waals surface area contributed by atoms with Gasteiger partial charge >= 0.3 is 0 Å². The number of H-pyrrole nitrogens is 1. The Morgan fingerprint density at radius 1 is 1.20 bits per heavy atom. The molecule has 0 unspecified atom stereocenters. The van der Waals surface area contributed by atoms with Crippen molar-refractivity contribution in [1.82, 2.24) is 19.7 Å². The molecule has 2 aromatic heterocycles. The van der Waals surface area contributed by atoms with Crippen LogP contribution in [0.2, 0.25) is 0 Å². The first-order valence-corrected chi connectivity index (χ1v) is 9.66. The van der Waals surface area contributed by atoms with Gasteiger partial charge in [-0.1, -0.05) is 6.07 Å². The van der Waals surface area contributed by atoms with E-state index in [1.54, 1.807) is 33.3 Å². The van der Waals surface area contributed by atoms with Gasteiger partial charge < -0.3 is 14.8 Å². The molecule has 3 aromatic rings. The van der Waals surface area contributed by atoms with E-state index < -0.39 is 0 Å². The average molecular weight is 409 g/mol. The van der Waals surface area contributed by atoms with Gasteiger partial charge in [-0.25, -0.2) is 4.98 Å². The molecule has 1 amide bonds. The Morgan fingerprint density at radius 2 is 1.97 bits per heavy atom. The molecule has 1 fully saturated rings. The molecular formula is C21H23N5O4. The number of ether oxygens (including phenoxy) is 2. The number of benzene rings is 1. The van der Waals surface area contributed by atoms with Gasteiger partial charge in [0.15, 0.2) is 11.5 Å². The predicted octanol–water partition coefficient (Wildman–Crippen LogP) is 2.34. The number of aryl methyl sites for hydroxylation is 1. The van der Waals surface area contributed by atoms with Gasteiger partial charge in [-0.15, -0.1) is 0 Å². The van der Waals surface area contributed by atoms with Crippen molar-refractivity contribution in [3.05, 3.63) is 57.6 Å². The summed E-state index contributed by atoms with van der Waals surface area (Å²) in [5.41, 5.74) is 1.95. The third kappa shape index (κ3) is 4.19. The van der Waals surface area contributed by atoms with Gasteiger partial charge in [-0.05, 0) is 37.5 Å². The monoisotopic (exact) mass is 409 g/mol. The number of nitrogens with one attached hydrogen (secondary N) is 2. The number of methoxy groups -OCH3 is 2. The smallest absolute Gasteiger partial charge is 0.252 e. The van der Waals surface area contributed by atoms with Crippen molar-refractivity contribution in [1.29, 1.82) is 0 Å². The number of amides is 1. The third-order valence-electron chi connectivity index (χ3n) is 4.86. The Morgan fingerprint density at radius 3 is 2.63 bits per heavy atom. The van der Waals surface area contributed by atoms with E-state index in [2.05, 4.69) is 20.4 Å². The molecule has 2 N–H and O–H groups in total. The zero-order valence-electron chi connectivity index (χ0n) is 17.1. The summed E-state index contributed by atoms with van der Waals surface area (Å²) >= 11 is 0. The largest absolute Gasteiger partial charge is 0.493 e. The Labute approximate surface area is 173 Å². The van der Waals surface area contributed by atoms with E-state index in [-0.39, 0.29) is 23.8 Å². The topological polar surface area (TPSA) is 111 Å². The molecule has 0 spiro atoms. The number of aromatic amines is 1. The molecule has 30 heavy (non-hydrogen) atoms. The van der Waals surface area contributed by atoms with Gasteiger partial charge in [0.25, 0.3) is 5.56 Å². The van der Waals surface area contributed by atoms with Gasteiger partial charge in [-0.3, -0.25) is 14.6 Å². The summed E-state index contributed by atoms with van der Waals surface area (Å²) in [5.74, 6) is 2.06. The second-order valence-electron chi connectivity index (χ2n) is 7.27. The maximum atomic E-state index is 12.7. The van der Waals surface area contributed by atoms with Crippen LogP contribution in [0, 0.1) is 6.92 Å². The van der Waals surface area contributed by atoms with Gasteiger partial charge in [0.2, 0.25) is 11.9 Å². The van der Waals surface area contributed by atoms with Crippen LogP contribution in [0.5, 0.6) is 11.5 Å². The lowest BCUT2D eigenvalue weighted by atomic mass is 10.1. The zero-order valence-corrected chi connectivity index (χ0v) is 17.1. The summed E-state index contributed by atoms with van der Waals surface area (Å²) < 4.78 is 12.0. The van der Waals surface area contributed by atoms with Crippen molar-refractivity contribution in [2.45, 2.75) is 32.1 Å². The van der Waals surface area contributed by atoms with Gasteiger partial charge in [0.1, 0.15) is 5.82 Å². The first-order chi connectivity index (χ1) is 14.5. The number of nitrogens with zero attached hydrogens (tertiary/aromatic N) is 3. The minimum Gasteiger partial charge on any atom is -0.493 e. The fourth-order valence-corrected chi connectivity index (χ4v) is 3.26. The number of carbonyl (C=O) groups is 1. The molecule has 1 aliphatic carbocycles. The average Bonchev–Trinajstić information content (AvgIpc) is 3.48. The standard InChI is InChI=1S/C21H23N5O4/c1-12-8-19(27)24-21(22-12)26-18(11-15(25-26)14-5-6-14)23-20(28)10-13-4-7-16(29-2)17(9-13)30-3/h4,7-9,11,14H,5-6,10H2,1-3H3,(H,23,28)(H,22,24,27). The van der Waals surface area contributed by atoms with Crippen LogP contribution in [0.1, 0.15) is 35.7 Å². The maximum absolute atomic E-state index is 12.7. The Kier molecular flexibility index (Phi) is 5.26. The van der Waals surface area contributed by atoms with E-state index in [0.717, 1.165) is 24.1 Å². The fourth-order valence-electron chi connectivity index (χ4n) is 3.26. The van der Waals surface area contributed by atoms with Crippen LogP contribution in [-0.2, 0) is 11.2 Å². The lowest BCUT2D eigenvalue weighted by molar-refractivity contribution is -0.115. The molecule has 9 nitrogen and oxygen atoms in total. The Hall–Kier alpha value is -3.62. The highest BCUT2D eigenvalue weighted by atomic mass is 16.5. The van der Waals surface area contributed by atoms with E-state index >= 15 is 0 Å². The van der Waals surface area contributed by atoms with Crippen molar-refractivity contribution < 1.29 is 14.3 Å². The maximum Gasteiger partial charge on any atom is 0.252 e. The quantitative estimate of drug-likeness (QED) is 0.620. The molecule has 1 saturated carbocycles. The third-order valence-corrected chi connectivity index (χ3v) is 4.86. The first kappa shape index (κ1) is 19.7. The van der Waals surface area contributed by atoms with Crippen molar-refractivity contribution in [2.75, 3.05) is 19.5 Å². The number of anilines is 1. The molecule has 1 aliphatic rings. The molecule has 0 aliphatic heterocycles. The van der Waals surface area contributed by atoms with Crippen molar-refractivity contribution in [3.63, 3.8) is 0 Å². The summed E-state index contributed by atoms with van der Waals surface area (Å²) in [4.78, 5) is 31.6. The number of hydrogen-bond donors (Lipinski definition) is 2. The van der Waals surface area contributed by atoms with Crippen molar-refractivity contribution in [3.8, 4) is 17.4 Å². The van der Waals surface area contributed by atoms with Crippen LogP contribution in [0.3, 0.4) is 0 Å². The van der Waals surface area contributed by atoms with E-state index in [4.69, 9.17) is 9.47 Å². The number of rotatable bonds is 7. The van der Waals surface area contributed by atoms with Gasteiger partial charge in [-0.2, -0.15) is 9.78 Å². The molecule has 0 bridgehead atoms. The molecule has 2 heterocycles. The van der Waals surface area contributed by atoms with Crippen LogP contribution in [0.15, 0.2) is 35.1 Å². The SMILES string of the molecule is COc1ccc(CC(=O)Nc2cc(C3CC3)nn2-c2nc(C)cc(=O)[nH]2)cc1OC. The molecule has 156 valence electrons. The van der Waals surface area contributed by atoms with E-state index in [1.165, 1.54) is 10.7 Å². The van der Waals surface area contributed by atoms with Crippen molar-refractivity contribution in [2.24, 2.45) is 0 Å². The number of carbonyl (C=O) groups excluding carboxylic acids is 1. The highest BCUT2D eigenvalue weighted by Gasteiger charge is 2.28. The van der Waals surface area contributed by atoms with Gasteiger partial charge in [0.05, 0.1) is 26.3 Å². The highest BCUT2D eigenvalue weighted by molar-refractivity contribution is 5.91. The van der Waals surface area contributed by atoms with Crippen LogP contribution in [-0.4, -0.2) is 39.9 Å². The second kappa shape index (κ2) is 8.02. The Bertz CT molecular complexity index is 1150. The molecule has 1 aromatic carbocycles. The molecule has 0 saturated heterocycles. The van der Waals surface area contributed by atoms with E-state index in [1.807, 2.05) is 12.1 Å². The first-order valence-electron chi connectivity index (χ1n) is 9.66. The number of aromatic nitrogens is 4. The molecule has 4 rings (SSSR count).